The molecule has 160 valence electrons. The first kappa shape index (κ1) is 22.0. The van der Waals surface area contributed by atoms with Gasteiger partial charge in [0.2, 0.25) is 0 Å². The molecule has 0 saturated carbocycles. The van der Waals surface area contributed by atoms with E-state index >= 15 is 0 Å². The van der Waals surface area contributed by atoms with E-state index in [1.165, 1.54) is 6.07 Å². The van der Waals surface area contributed by atoms with E-state index in [0.29, 0.717) is 29.2 Å². The number of aromatic carboxylic acids is 1. The van der Waals surface area contributed by atoms with Crippen LogP contribution in [-0.2, 0) is 0 Å². The van der Waals surface area contributed by atoms with E-state index in [9.17, 15) is 14.7 Å². The average molecular weight is 430 g/mol. The predicted octanol–water partition coefficient (Wildman–Crippen LogP) is 4.12. The number of benzene rings is 2. The van der Waals surface area contributed by atoms with E-state index in [1.807, 2.05) is 36.9 Å². The fourth-order valence-corrected chi connectivity index (χ4v) is 4.99. The maximum Gasteiger partial charge on any atom is 0.335 e. The molecule has 0 bridgehead atoms. The summed E-state index contributed by atoms with van der Waals surface area (Å²) in [5.41, 5.74) is 2.36. The van der Waals surface area contributed by atoms with Gasteiger partial charge in [-0.2, -0.15) is 11.8 Å². The average Bonchev–Trinajstić information content (AvgIpc) is 2.74. The van der Waals surface area contributed by atoms with Crippen LogP contribution in [0, 0.1) is 6.92 Å². The van der Waals surface area contributed by atoms with Crippen molar-refractivity contribution in [3.05, 3.63) is 58.7 Å². The highest BCUT2D eigenvalue weighted by Gasteiger charge is 2.29. The molecule has 0 radical (unpaired) electrons. The Bertz CT molecular complexity index is 930. The molecule has 2 aromatic rings. The van der Waals surface area contributed by atoms with Crippen molar-refractivity contribution < 1.29 is 24.2 Å². The van der Waals surface area contributed by atoms with Gasteiger partial charge in [0, 0.05) is 23.3 Å². The van der Waals surface area contributed by atoms with Crippen molar-refractivity contribution in [1.82, 2.24) is 5.32 Å². The van der Waals surface area contributed by atoms with Crippen molar-refractivity contribution in [3.63, 3.8) is 0 Å². The molecular formula is C23H27NO5S. The molecule has 0 unspecified atom stereocenters. The number of hydrogen-bond donors (Lipinski definition) is 2. The van der Waals surface area contributed by atoms with Crippen molar-refractivity contribution in [2.24, 2.45) is 0 Å². The normalized spacial score (nSPS) is 18.5. The molecule has 30 heavy (non-hydrogen) atoms. The number of carboxylic acid groups (broad SMARTS) is 1. The van der Waals surface area contributed by atoms with Gasteiger partial charge in [0.15, 0.2) is 11.5 Å². The number of carboxylic acids is 1. The third-order valence-electron chi connectivity index (χ3n) is 5.31. The SMILES string of the molecule is CCOc1cc([C@H]2CSCC[C@H]2NC(=O)c2ccc(C(=O)O)c(C)c2)ccc1OC. The quantitative estimate of drug-likeness (QED) is 0.689. The highest BCUT2D eigenvalue weighted by molar-refractivity contribution is 7.99. The fraction of sp³-hybridized carbons (Fsp3) is 0.391. The summed E-state index contributed by atoms with van der Waals surface area (Å²) in [6.45, 7) is 4.18. The summed E-state index contributed by atoms with van der Waals surface area (Å²) in [7, 11) is 1.62. The van der Waals surface area contributed by atoms with E-state index in [2.05, 4.69) is 5.32 Å². The lowest BCUT2D eigenvalue weighted by molar-refractivity contribution is 0.0695. The van der Waals surface area contributed by atoms with E-state index in [-0.39, 0.29) is 23.4 Å². The molecule has 0 aliphatic carbocycles. The standard InChI is InChI=1S/C23H27NO5S/c1-4-29-21-12-15(6-8-20(21)28-3)18-13-30-10-9-19(18)24-22(25)16-5-7-17(23(26)27)14(2)11-16/h5-8,11-12,18-19H,4,9-10,13H2,1-3H3,(H,24,25)(H,26,27)/t18-,19-/m1/s1. The van der Waals surface area contributed by atoms with Gasteiger partial charge in [-0.15, -0.1) is 0 Å². The van der Waals surface area contributed by atoms with Crippen LogP contribution in [0.4, 0.5) is 0 Å². The molecule has 2 aromatic carbocycles. The minimum absolute atomic E-state index is 0.0129. The van der Waals surface area contributed by atoms with Gasteiger partial charge in [-0.3, -0.25) is 4.79 Å². The Morgan fingerprint density at radius 2 is 2.00 bits per heavy atom. The Balaban J connectivity index is 1.81. The summed E-state index contributed by atoms with van der Waals surface area (Å²) >= 11 is 1.87. The maximum absolute atomic E-state index is 12.9. The van der Waals surface area contributed by atoms with Crippen LogP contribution >= 0.6 is 11.8 Å². The van der Waals surface area contributed by atoms with Crippen LogP contribution in [0.15, 0.2) is 36.4 Å². The van der Waals surface area contributed by atoms with Gasteiger partial charge < -0.3 is 19.9 Å². The van der Waals surface area contributed by atoms with E-state index in [1.54, 1.807) is 26.2 Å². The summed E-state index contributed by atoms with van der Waals surface area (Å²) in [4.78, 5) is 24.1. The third kappa shape index (κ3) is 4.90. The smallest absolute Gasteiger partial charge is 0.335 e. The van der Waals surface area contributed by atoms with Gasteiger partial charge in [-0.25, -0.2) is 4.79 Å². The first-order valence-corrected chi connectivity index (χ1v) is 11.1. The van der Waals surface area contributed by atoms with Crippen molar-refractivity contribution in [3.8, 4) is 11.5 Å². The molecule has 7 heteroatoms. The first-order chi connectivity index (χ1) is 14.4. The van der Waals surface area contributed by atoms with Crippen LogP contribution in [0.2, 0.25) is 0 Å². The number of ether oxygens (including phenoxy) is 2. The molecule has 2 N–H and O–H groups in total. The molecule has 0 spiro atoms. The van der Waals surface area contributed by atoms with Crippen LogP contribution in [0.1, 0.15) is 51.1 Å². The van der Waals surface area contributed by atoms with E-state index < -0.39 is 5.97 Å². The zero-order valence-electron chi connectivity index (χ0n) is 17.4. The number of methoxy groups -OCH3 is 1. The molecule has 1 fully saturated rings. The molecule has 6 nitrogen and oxygen atoms in total. The van der Waals surface area contributed by atoms with Crippen LogP contribution in [0.5, 0.6) is 11.5 Å². The highest BCUT2D eigenvalue weighted by atomic mass is 32.2. The summed E-state index contributed by atoms with van der Waals surface area (Å²) < 4.78 is 11.1. The number of aryl methyl sites for hydroxylation is 1. The second-order valence-corrected chi connectivity index (χ2v) is 8.38. The predicted molar refractivity (Wildman–Crippen MR) is 118 cm³/mol. The summed E-state index contributed by atoms with van der Waals surface area (Å²) in [5.74, 6) is 2.25. The Morgan fingerprint density at radius 3 is 2.67 bits per heavy atom. The van der Waals surface area contributed by atoms with Crippen molar-refractivity contribution in [2.45, 2.75) is 32.2 Å². The van der Waals surface area contributed by atoms with Gasteiger partial charge in [0.1, 0.15) is 0 Å². The Hall–Kier alpha value is -2.67. The zero-order chi connectivity index (χ0) is 21.7. The largest absolute Gasteiger partial charge is 0.493 e. The number of carbonyl (C=O) groups excluding carboxylic acids is 1. The summed E-state index contributed by atoms with van der Waals surface area (Å²) in [6.07, 6.45) is 0.864. The first-order valence-electron chi connectivity index (χ1n) is 9.97. The molecule has 1 saturated heterocycles. The minimum Gasteiger partial charge on any atom is -0.493 e. The Morgan fingerprint density at radius 1 is 1.20 bits per heavy atom. The monoisotopic (exact) mass is 429 g/mol. The Kier molecular flexibility index (Phi) is 7.26. The number of nitrogens with one attached hydrogen (secondary N) is 1. The summed E-state index contributed by atoms with van der Waals surface area (Å²) in [6, 6.07) is 10.6. The highest BCUT2D eigenvalue weighted by Crippen LogP contribution is 2.36. The number of thioether (sulfide) groups is 1. The van der Waals surface area contributed by atoms with Gasteiger partial charge in [-0.05, 0) is 67.5 Å². The van der Waals surface area contributed by atoms with Crippen LogP contribution in [-0.4, -0.2) is 48.2 Å². The number of carbonyl (C=O) groups is 2. The molecular weight excluding hydrogens is 402 g/mol. The van der Waals surface area contributed by atoms with Gasteiger partial charge >= 0.3 is 5.97 Å². The van der Waals surface area contributed by atoms with Crippen LogP contribution < -0.4 is 14.8 Å². The number of hydrogen-bond acceptors (Lipinski definition) is 5. The van der Waals surface area contributed by atoms with Gasteiger partial charge in [0.05, 0.1) is 19.3 Å². The van der Waals surface area contributed by atoms with Crippen molar-refractivity contribution >= 4 is 23.6 Å². The van der Waals surface area contributed by atoms with Crippen LogP contribution in [0.25, 0.3) is 0 Å². The number of amides is 1. The molecule has 1 aliphatic rings. The molecule has 2 atom stereocenters. The molecule has 1 amide bonds. The van der Waals surface area contributed by atoms with Crippen molar-refractivity contribution in [2.75, 3.05) is 25.2 Å². The van der Waals surface area contributed by atoms with E-state index in [4.69, 9.17) is 9.47 Å². The second-order valence-electron chi connectivity index (χ2n) is 7.23. The lowest BCUT2D eigenvalue weighted by atomic mass is 9.90. The summed E-state index contributed by atoms with van der Waals surface area (Å²) in [5, 5.41) is 12.4. The van der Waals surface area contributed by atoms with Gasteiger partial charge in [-0.1, -0.05) is 6.07 Å². The molecule has 3 rings (SSSR count). The van der Waals surface area contributed by atoms with Crippen LogP contribution in [0.3, 0.4) is 0 Å². The fourth-order valence-electron chi connectivity index (χ4n) is 3.73. The topological polar surface area (TPSA) is 84.9 Å². The Labute approximate surface area is 181 Å². The van der Waals surface area contributed by atoms with Crippen molar-refractivity contribution in [1.29, 1.82) is 0 Å². The zero-order valence-corrected chi connectivity index (χ0v) is 18.3. The minimum atomic E-state index is -0.992. The number of rotatable bonds is 7. The molecule has 1 aliphatic heterocycles. The molecule has 1 heterocycles. The third-order valence-corrected chi connectivity index (χ3v) is 6.43. The second kappa shape index (κ2) is 9.89. The maximum atomic E-state index is 12.9. The van der Waals surface area contributed by atoms with E-state index in [0.717, 1.165) is 23.5 Å². The lowest BCUT2D eigenvalue weighted by Crippen LogP contribution is -2.42. The molecule has 0 aromatic heterocycles. The van der Waals surface area contributed by atoms with Gasteiger partial charge in [0.25, 0.3) is 5.91 Å². The lowest BCUT2D eigenvalue weighted by Gasteiger charge is -2.32.